The van der Waals surface area contributed by atoms with Gasteiger partial charge in [-0.15, -0.1) is 0 Å². The minimum Gasteiger partial charge on any atom is -0.468 e. The fourth-order valence-electron chi connectivity index (χ4n) is 0.960. The Morgan fingerprint density at radius 1 is 1.67 bits per heavy atom. The lowest BCUT2D eigenvalue weighted by Crippen LogP contribution is -1.97. The van der Waals surface area contributed by atoms with E-state index < -0.39 is 0 Å². The maximum atomic E-state index is 10.8. The average Bonchev–Trinajstić information content (AvgIpc) is 2.23. The van der Waals surface area contributed by atoms with E-state index in [1.165, 1.54) is 7.11 Å². The van der Waals surface area contributed by atoms with Crippen LogP contribution in [0.15, 0.2) is 12.3 Å². The first-order valence-electron chi connectivity index (χ1n) is 4.41. The summed E-state index contributed by atoms with van der Waals surface area (Å²) in [5, 5.41) is 0. The number of anilines is 1. The molecule has 2 N–H and O–H groups in total. The van der Waals surface area contributed by atoms with E-state index in [1.54, 1.807) is 12.3 Å². The predicted molar refractivity (Wildman–Crippen MR) is 56.9 cm³/mol. The molecule has 1 heterocycles. The van der Waals surface area contributed by atoms with Gasteiger partial charge < -0.3 is 10.5 Å². The summed E-state index contributed by atoms with van der Waals surface area (Å²) in [6.45, 7) is 1.83. The molecule has 78 valence electrons. The first-order valence-corrected chi connectivity index (χ1v) is 4.41. The van der Waals surface area contributed by atoms with Gasteiger partial charge in [-0.25, -0.2) is 0 Å². The standard InChI is InChI=1S/C11H12N2O2/c1-8-9(6-10(12)7-13-8)4-3-5-11(14)15-2/h6-7H,5,12H2,1-2H3. The van der Waals surface area contributed by atoms with Crippen LogP contribution in [0.3, 0.4) is 0 Å². The van der Waals surface area contributed by atoms with Crippen molar-refractivity contribution in [3.05, 3.63) is 23.5 Å². The summed E-state index contributed by atoms with van der Waals surface area (Å²) >= 11 is 0. The van der Waals surface area contributed by atoms with Crippen LogP contribution in [0.5, 0.6) is 0 Å². The van der Waals surface area contributed by atoms with E-state index in [2.05, 4.69) is 21.6 Å². The molecule has 0 radical (unpaired) electrons. The Balaban J connectivity index is 2.79. The van der Waals surface area contributed by atoms with Crippen LogP contribution in [0, 0.1) is 18.8 Å². The molecule has 4 heteroatoms. The number of nitrogen functional groups attached to an aromatic ring is 1. The molecule has 1 aromatic heterocycles. The first kappa shape index (κ1) is 11.1. The van der Waals surface area contributed by atoms with Crippen molar-refractivity contribution in [2.45, 2.75) is 13.3 Å². The average molecular weight is 204 g/mol. The topological polar surface area (TPSA) is 65.2 Å². The van der Waals surface area contributed by atoms with Crippen LogP contribution in [0.4, 0.5) is 5.69 Å². The van der Waals surface area contributed by atoms with Gasteiger partial charge in [-0.3, -0.25) is 9.78 Å². The molecule has 1 aromatic rings. The van der Waals surface area contributed by atoms with E-state index in [0.29, 0.717) is 5.69 Å². The Kier molecular flexibility index (Phi) is 3.69. The number of nitrogens with two attached hydrogens (primary N) is 1. The minimum absolute atomic E-state index is 0.0741. The van der Waals surface area contributed by atoms with Crippen LogP contribution in [-0.2, 0) is 9.53 Å². The van der Waals surface area contributed by atoms with Crippen molar-refractivity contribution in [3.8, 4) is 11.8 Å². The fourth-order valence-corrected chi connectivity index (χ4v) is 0.960. The van der Waals surface area contributed by atoms with Crippen LogP contribution < -0.4 is 5.73 Å². The van der Waals surface area contributed by atoms with Crippen LogP contribution in [-0.4, -0.2) is 18.1 Å². The molecule has 15 heavy (non-hydrogen) atoms. The second-order valence-electron chi connectivity index (χ2n) is 2.96. The van der Waals surface area contributed by atoms with Crippen LogP contribution in [0.1, 0.15) is 17.7 Å². The van der Waals surface area contributed by atoms with Crippen molar-refractivity contribution in [2.24, 2.45) is 0 Å². The quantitative estimate of drug-likeness (QED) is 0.545. The summed E-state index contributed by atoms with van der Waals surface area (Å²) < 4.78 is 4.46. The Morgan fingerprint density at radius 2 is 2.40 bits per heavy atom. The second kappa shape index (κ2) is 5.01. The van der Waals surface area contributed by atoms with Crippen LogP contribution >= 0.6 is 0 Å². The molecule has 1 rings (SSSR count). The Morgan fingerprint density at radius 3 is 3.07 bits per heavy atom. The second-order valence-corrected chi connectivity index (χ2v) is 2.96. The number of pyridine rings is 1. The lowest BCUT2D eigenvalue weighted by atomic mass is 10.2. The van der Waals surface area contributed by atoms with Crippen LogP contribution in [0.25, 0.3) is 0 Å². The highest BCUT2D eigenvalue weighted by Gasteiger charge is 1.97. The van der Waals surface area contributed by atoms with Crippen molar-refractivity contribution >= 4 is 11.7 Å². The maximum absolute atomic E-state index is 10.8. The van der Waals surface area contributed by atoms with Gasteiger partial charge in [-0.2, -0.15) is 0 Å². The first-order chi connectivity index (χ1) is 7.13. The van der Waals surface area contributed by atoms with Crippen molar-refractivity contribution in [1.82, 2.24) is 4.98 Å². The number of carbonyl (C=O) groups is 1. The van der Waals surface area contributed by atoms with Gasteiger partial charge in [-0.05, 0) is 13.0 Å². The van der Waals surface area contributed by atoms with E-state index in [4.69, 9.17) is 5.73 Å². The van der Waals surface area contributed by atoms with Crippen molar-refractivity contribution in [1.29, 1.82) is 0 Å². The molecule has 0 aliphatic rings. The highest BCUT2D eigenvalue weighted by Crippen LogP contribution is 2.07. The number of hydrogen-bond donors (Lipinski definition) is 1. The number of hydrogen-bond acceptors (Lipinski definition) is 4. The molecule has 0 amide bonds. The van der Waals surface area contributed by atoms with E-state index >= 15 is 0 Å². The molecule has 0 bridgehead atoms. The van der Waals surface area contributed by atoms with Gasteiger partial charge in [0.1, 0.15) is 6.42 Å². The van der Waals surface area contributed by atoms with Gasteiger partial charge in [0.2, 0.25) is 0 Å². The zero-order valence-electron chi connectivity index (χ0n) is 8.70. The van der Waals surface area contributed by atoms with Crippen LogP contribution in [0.2, 0.25) is 0 Å². The molecule has 4 nitrogen and oxygen atoms in total. The summed E-state index contributed by atoms with van der Waals surface area (Å²) in [5.41, 5.74) is 7.65. The number of nitrogens with zero attached hydrogens (tertiary/aromatic N) is 1. The smallest absolute Gasteiger partial charge is 0.317 e. The van der Waals surface area contributed by atoms with Crippen molar-refractivity contribution in [3.63, 3.8) is 0 Å². The molecule has 0 aromatic carbocycles. The van der Waals surface area contributed by atoms with E-state index in [9.17, 15) is 4.79 Å². The third-order valence-corrected chi connectivity index (χ3v) is 1.79. The maximum Gasteiger partial charge on any atom is 0.317 e. The number of aryl methyl sites for hydroxylation is 1. The zero-order valence-corrected chi connectivity index (χ0v) is 8.70. The summed E-state index contributed by atoms with van der Waals surface area (Å²) in [6.07, 6.45) is 1.64. The fraction of sp³-hybridized carbons (Fsp3) is 0.273. The van der Waals surface area contributed by atoms with Gasteiger partial charge in [0.25, 0.3) is 0 Å². The Labute approximate surface area is 88.5 Å². The van der Waals surface area contributed by atoms with E-state index in [1.807, 2.05) is 6.92 Å². The summed E-state index contributed by atoms with van der Waals surface area (Å²) in [4.78, 5) is 14.8. The van der Waals surface area contributed by atoms with Gasteiger partial charge in [-0.1, -0.05) is 11.8 Å². The molecule has 0 saturated heterocycles. The number of aromatic nitrogens is 1. The Bertz CT molecular complexity index is 430. The zero-order chi connectivity index (χ0) is 11.3. The number of carbonyl (C=O) groups excluding carboxylic acids is 1. The molecule has 0 aliphatic heterocycles. The SMILES string of the molecule is COC(=O)CC#Cc1cc(N)cnc1C. The number of methoxy groups -OCH3 is 1. The molecule has 0 atom stereocenters. The molecular formula is C11H12N2O2. The number of esters is 1. The van der Waals surface area contributed by atoms with Gasteiger partial charge in [0.15, 0.2) is 0 Å². The molecule has 0 spiro atoms. The lowest BCUT2D eigenvalue weighted by molar-refractivity contribution is -0.139. The summed E-state index contributed by atoms with van der Waals surface area (Å²) in [7, 11) is 1.33. The molecule has 0 unspecified atom stereocenters. The highest BCUT2D eigenvalue weighted by molar-refractivity contribution is 5.72. The molecule has 0 fully saturated rings. The lowest BCUT2D eigenvalue weighted by Gasteiger charge is -1.97. The number of ether oxygens (including phenoxy) is 1. The van der Waals surface area contributed by atoms with E-state index in [0.717, 1.165) is 11.3 Å². The number of rotatable bonds is 1. The molecule has 0 saturated carbocycles. The minimum atomic E-state index is -0.350. The molecule has 0 aliphatic carbocycles. The third kappa shape index (κ3) is 3.31. The normalized spacial score (nSPS) is 8.93. The summed E-state index contributed by atoms with van der Waals surface area (Å²) in [5.74, 6) is 5.18. The van der Waals surface area contributed by atoms with Crippen molar-refractivity contribution in [2.75, 3.05) is 12.8 Å². The van der Waals surface area contributed by atoms with E-state index in [-0.39, 0.29) is 12.4 Å². The summed E-state index contributed by atoms with van der Waals surface area (Å²) in [6, 6.07) is 1.73. The monoisotopic (exact) mass is 204 g/mol. The molecular weight excluding hydrogens is 192 g/mol. The van der Waals surface area contributed by atoms with Gasteiger partial charge in [0, 0.05) is 5.56 Å². The Hall–Kier alpha value is -2.02. The predicted octanol–water partition coefficient (Wildman–Crippen LogP) is 0.887. The third-order valence-electron chi connectivity index (χ3n) is 1.79. The van der Waals surface area contributed by atoms with Gasteiger partial charge >= 0.3 is 5.97 Å². The largest absolute Gasteiger partial charge is 0.468 e. The highest BCUT2D eigenvalue weighted by atomic mass is 16.5. The van der Waals surface area contributed by atoms with Gasteiger partial charge in [0.05, 0.1) is 24.7 Å². The van der Waals surface area contributed by atoms with Crippen molar-refractivity contribution < 1.29 is 9.53 Å².